The van der Waals surface area contributed by atoms with Crippen molar-refractivity contribution in [1.29, 1.82) is 0 Å². The summed E-state index contributed by atoms with van der Waals surface area (Å²) >= 11 is 1.55. The molecule has 34 heavy (non-hydrogen) atoms. The van der Waals surface area contributed by atoms with Gasteiger partial charge in [0.25, 0.3) is 0 Å². The first-order valence-corrected chi connectivity index (χ1v) is 12.8. The van der Waals surface area contributed by atoms with Gasteiger partial charge in [-0.15, -0.1) is 11.3 Å². The molecule has 1 aromatic heterocycles. The number of ether oxygens (including phenoxy) is 2. The Labute approximate surface area is 205 Å². The predicted molar refractivity (Wildman–Crippen MR) is 130 cm³/mol. The largest absolute Gasteiger partial charge is 0.458 e. The Balaban J connectivity index is 1.81. The van der Waals surface area contributed by atoms with Gasteiger partial charge in [0, 0.05) is 30.8 Å². The van der Waals surface area contributed by atoms with E-state index in [4.69, 9.17) is 9.47 Å². The molecule has 1 aromatic rings. The van der Waals surface area contributed by atoms with E-state index >= 15 is 0 Å². The number of cyclic esters (lactones) is 1. The number of nitrogens with one attached hydrogen (secondary N) is 1. The Kier molecular flexibility index (Phi) is 8.68. The molecular weight excluding hydrogens is 456 g/mol. The number of carbonyl (C=O) groups is 2. The van der Waals surface area contributed by atoms with Crippen molar-refractivity contribution in [2.24, 2.45) is 17.3 Å². The number of esters is 1. The Bertz CT molecular complexity index is 913. The van der Waals surface area contributed by atoms with Gasteiger partial charge in [-0.1, -0.05) is 27.7 Å². The van der Waals surface area contributed by atoms with Gasteiger partial charge in [0.05, 0.1) is 47.0 Å². The maximum atomic E-state index is 13.1. The molecular formula is C25H38N2O6S. The van der Waals surface area contributed by atoms with E-state index in [-0.39, 0.29) is 30.3 Å². The van der Waals surface area contributed by atoms with Crippen LogP contribution in [-0.4, -0.2) is 70.6 Å². The van der Waals surface area contributed by atoms with Crippen molar-refractivity contribution in [3.05, 3.63) is 21.7 Å². The van der Waals surface area contributed by atoms with E-state index in [0.717, 1.165) is 16.3 Å². The molecule has 0 aromatic carbocycles. The lowest BCUT2D eigenvalue weighted by Crippen LogP contribution is -2.47. The van der Waals surface area contributed by atoms with Crippen LogP contribution in [0.25, 0.3) is 6.08 Å². The third-order valence-electron chi connectivity index (χ3n) is 7.08. The first-order valence-electron chi connectivity index (χ1n) is 12.0. The number of thiazole rings is 1. The van der Waals surface area contributed by atoms with Gasteiger partial charge in [0.1, 0.15) is 11.9 Å². The quantitative estimate of drug-likeness (QED) is 0.424. The molecule has 3 rings (SSSR count). The lowest BCUT2D eigenvalue weighted by molar-refractivity contribution is -0.154. The van der Waals surface area contributed by atoms with Gasteiger partial charge in [0.15, 0.2) is 0 Å². The van der Waals surface area contributed by atoms with Crippen LogP contribution in [0, 0.1) is 24.2 Å². The van der Waals surface area contributed by atoms with E-state index in [9.17, 15) is 19.8 Å². The number of hydrogen-bond acceptors (Lipinski definition) is 9. The normalized spacial score (nSPS) is 36.0. The second kappa shape index (κ2) is 11.0. The highest BCUT2D eigenvalue weighted by Crippen LogP contribution is 2.33. The van der Waals surface area contributed by atoms with Crippen LogP contribution < -0.4 is 5.32 Å². The third-order valence-corrected chi connectivity index (χ3v) is 7.87. The zero-order chi connectivity index (χ0) is 25.2. The maximum Gasteiger partial charge on any atom is 0.309 e. The van der Waals surface area contributed by atoms with Gasteiger partial charge in [-0.2, -0.15) is 0 Å². The summed E-state index contributed by atoms with van der Waals surface area (Å²) in [6.07, 6.45) is -0.595. The van der Waals surface area contributed by atoms with Crippen LogP contribution in [0.2, 0.25) is 0 Å². The number of aliphatic hydroxyl groups is 2. The van der Waals surface area contributed by atoms with E-state index < -0.39 is 35.6 Å². The fraction of sp³-hybridized carbons (Fsp3) is 0.720. The Morgan fingerprint density at radius 1 is 1.24 bits per heavy atom. The molecule has 2 saturated heterocycles. The molecule has 0 aliphatic carbocycles. The predicted octanol–water partition coefficient (Wildman–Crippen LogP) is 2.51. The zero-order valence-corrected chi connectivity index (χ0v) is 21.7. The summed E-state index contributed by atoms with van der Waals surface area (Å²) in [4.78, 5) is 30.4. The number of carbonyl (C=O) groups excluding carboxylic acids is 2. The number of nitrogens with zero attached hydrogens (tertiary/aromatic N) is 1. The molecule has 2 fully saturated rings. The number of Topliss-reactive ketones (excluding diaryl/α,β-unsaturated/α-hetero) is 1. The SMILES string of the molecule is C/C(=C\c1csc(C)n1)C1CC2OC2CNCC(C)C(O)C(C)C(=O)C(C)(C)C(O)CC(=O)O1. The molecule has 2 aliphatic heterocycles. The fourth-order valence-corrected chi connectivity index (χ4v) is 5.04. The van der Waals surface area contributed by atoms with Crippen LogP contribution in [0.4, 0.5) is 0 Å². The van der Waals surface area contributed by atoms with Crippen molar-refractivity contribution in [3.63, 3.8) is 0 Å². The van der Waals surface area contributed by atoms with E-state index in [1.165, 1.54) is 0 Å². The van der Waals surface area contributed by atoms with Crippen LogP contribution in [0.3, 0.4) is 0 Å². The first-order chi connectivity index (χ1) is 15.9. The van der Waals surface area contributed by atoms with Crippen LogP contribution in [-0.2, 0) is 19.1 Å². The number of epoxide rings is 1. The summed E-state index contributed by atoms with van der Waals surface area (Å²) in [5.41, 5.74) is 0.441. The minimum Gasteiger partial charge on any atom is -0.458 e. The highest BCUT2D eigenvalue weighted by Gasteiger charge is 2.44. The number of rotatable bonds is 2. The molecule has 0 radical (unpaired) electrons. The summed E-state index contributed by atoms with van der Waals surface area (Å²) in [5.74, 6) is -1.71. The summed E-state index contributed by atoms with van der Waals surface area (Å²) < 4.78 is 11.6. The Morgan fingerprint density at radius 2 is 1.94 bits per heavy atom. The first kappa shape index (κ1) is 26.9. The lowest BCUT2D eigenvalue weighted by Gasteiger charge is -2.34. The highest BCUT2D eigenvalue weighted by molar-refractivity contribution is 7.09. The second-order valence-corrected chi connectivity index (χ2v) is 11.4. The fourth-order valence-electron chi connectivity index (χ4n) is 4.47. The second-order valence-electron chi connectivity index (χ2n) is 10.3. The topological polar surface area (TPSA) is 121 Å². The molecule has 7 atom stereocenters. The van der Waals surface area contributed by atoms with Crippen molar-refractivity contribution in [1.82, 2.24) is 10.3 Å². The number of fused-ring (bicyclic) bond motifs is 1. The monoisotopic (exact) mass is 494 g/mol. The molecule has 0 amide bonds. The van der Waals surface area contributed by atoms with Gasteiger partial charge in [-0.3, -0.25) is 9.59 Å². The summed E-state index contributed by atoms with van der Waals surface area (Å²) in [6.45, 7) is 11.8. The van der Waals surface area contributed by atoms with Crippen molar-refractivity contribution in [2.45, 2.75) is 84.9 Å². The molecule has 0 saturated carbocycles. The van der Waals surface area contributed by atoms with Crippen LogP contribution in [0.5, 0.6) is 0 Å². The average Bonchev–Trinajstić information content (AvgIpc) is 3.38. The van der Waals surface area contributed by atoms with Crippen LogP contribution >= 0.6 is 11.3 Å². The molecule has 3 N–H and O–H groups in total. The minimum atomic E-state index is -1.24. The highest BCUT2D eigenvalue weighted by atomic mass is 32.1. The van der Waals surface area contributed by atoms with E-state index in [2.05, 4.69) is 10.3 Å². The number of aryl methyl sites for hydroxylation is 1. The third kappa shape index (κ3) is 6.51. The summed E-state index contributed by atoms with van der Waals surface area (Å²) in [6, 6.07) is 0. The maximum absolute atomic E-state index is 13.1. The standard InChI is InChI=1S/C25H38N2O6S/c1-13(7-17-12-34-16(4)27-17)18-8-19-20(32-19)11-26-10-14(2)23(30)15(3)24(31)25(5,6)21(28)9-22(29)33-18/h7,12,14-15,18-21,23,26,28,30H,8-11H2,1-6H3/b13-7+. The van der Waals surface area contributed by atoms with Gasteiger partial charge < -0.3 is 25.0 Å². The molecule has 0 bridgehead atoms. The molecule has 2 aliphatic rings. The number of aliphatic hydroxyl groups excluding tert-OH is 2. The lowest BCUT2D eigenvalue weighted by atomic mass is 9.73. The van der Waals surface area contributed by atoms with Gasteiger partial charge in [-0.25, -0.2) is 4.98 Å². The van der Waals surface area contributed by atoms with Crippen LogP contribution in [0.15, 0.2) is 11.0 Å². The van der Waals surface area contributed by atoms with E-state index in [0.29, 0.717) is 19.5 Å². The Morgan fingerprint density at radius 3 is 2.59 bits per heavy atom. The molecule has 7 unspecified atom stereocenters. The minimum absolute atomic E-state index is 0.00338. The van der Waals surface area contributed by atoms with Crippen molar-refractivity contribution in [2.75, 3.05) is 13.1 Å². The molecule has 0 spiro atoms. The molecule has 8 nitrogen and oxygen atoms in total. The molecule has 3 heterocycles. The smallest absolute Gasteiger partial charge is 0.309 e. The zero-order valence-electron chi connectivity index (χ0n) is 20.9. The molecule has 9 heteroatoms. The number of aromatic nitrogens is 1. The number of ketones is 1. The van der Waals surface area contributed by atoms with Crippen molar-refractivity contribution >= 4 is 29.2 Å². The molecule has 190 valence electrons. The number of hydrogen-bond donors (Lipinski definition) is 3. The summed E-state index contributed by atoms with van der Waals surface area (Å²) in [5, 5.41) is 27.8. The average molecular weight is 495 g/mol. The Hall–Kier alpha value is -1.65. The van der Waals surface area contributed by atoms with E-state index in [1.54, 1.807) is 32.1 Å². The van der Waals surface area contributed by atoms with Crippen molar-refractivity contribution < 1.29 is 29.3 Å². The van der Waals surface area contributed by atoms with E-state index in [1.807, 2.05) is 32.2 Å². The van der Waals surface area contributed by atoms with Gasteiger partial charge in [0.2, 0.25) is 0 Å². The van der Waals surface area contributed by atoms with Crippen LogP contribution in [0.1, 0.15) is 58.2 Å². The van der Waals surface area contributed by atoms with Gasteiger partial charge >= 0.3 is 5.97 Å². The van der Waals surface area contributed by atoms with Gasteiger partial charge in [-0.05, 0) is 31.4 Å². The summed E-state index contributed by atoms with van der Waals surface area (Å²) in [7, 11) is 0. The van der Waals surface area contributed by atoms with Crippen molar-refractivity contribution in [3.8, 4) is 0 Å².